The van der Waals surface area contributed by atoms with E-state index in [-0.39, 0.29) is 5.82 Å². The van der Waals surface area contributed by atoms with Gasteiger partial charge in [-0.1, -0.05) is 35.7 Å². The van der Waals surface area contributed by atoms with E-state index in [1.54, 1.807) is 13.0 Å². The molecule has 0 aliphatic rings. The van der Waals surface area contributed by atoms with Gasteiger partial charge < -0.3 is 5.32 Å². The highest BCUT2D eigenvalue weighted by atomic mass is 79.9. The Hall–Kier alpha value is -0.410. The van der Waals surface area contributed by atoms with Crippen molar-refractivity contribution >= 4 is 15.9 Å². The van der Waals surface area contributed by atoms with Gasteiger partial charge in [0.15, 0.2) is 0 Å². The molecule has 1 N–H and O–H groups in total. The van der Waals surface area contributed by atoms with Crippen LogP contribution in [0.5, 0.6) is 0 Å². The van der Waals surface area contributed by atoms with Crippen LogP contribution in [-0.2, 0) is 6.54 Å². The van der Waals surface area contributed by atoms with Gasteiger partial charge in [0.05, 0.1) is 0 Å². The maximum atomic E-state index is 13.3. The molecule has 0 unspecified atom stereocenters. The minimum Gasteiger partial charge on any atom is -0.313 e. The molecule has 16 heavy (non-hydrogen) atoms. The minimum atomic E-state index is -0.131. The molecular formula is C13H19BrFN. The predicted octanol–water partition coefficient (Wildman–Crippen LogP) is 4.18. The van der Waals surface area contributed by atoms with Gasteiger partial charge in [-0.2, -0.15) is 0 Å². The number of aryl methyl sites for hydroxylation is 1. The van der Waals surface area contributed by atoms with Crippen LogP contribution in [0.15, 0.2) is 16.6 Å². The summed E-state index contributed by atoms with van der Waals surface area (Å²) < 4.78 is 14.3. The first kappa shape index (κ1) is 13.7. The molecule has 0 fully saturated rings. The molecule has 0 amide bonds. The van der Waals surface area contributed by atoms with Crippen molar-refractivity contribution in [2.75, 3.05) is 6.54 Å². The number of halogens is 2. The number of nitrogens with one attached hydrogen (secondary N) is 1. The van der Waals surface area contributed by atoms with E-state index in [1.165, 1.54) is 19.3 Å². The summed E-state index contributed by atoms with van der Waals surface area (Å²) in [5.74, 6) is -0.131. The number of hydrogen-bond acceptors (Lipinski definition) is 1. The Morgan fingerprint density at radius 1 is 1.31 bits per heavy atom. The highest BCUT2D eigenvalue weighted by Crippen LogP contribution is 2.20. The molecular weight excluding hydrogens is 269 g/mol. The van der Waals surface area contributed by atoms with Crippen molar-refractivity contribution in [3.05, 3.63) is 33.5 Å². The molecule has 1 aromatic carbocycles. The average molecular weight is 288 g/mol. The van der Waals surface area contributed by atoms with Gasteiger partial charge in [0, 0.05) is 11.0 Å². The molecule has 0 aromatic heterocycles. The maximum Gasteiger partial charge on any atom is 0.126 e. The molecule has 90 valence electrons. The summed E-state index contributed by atoms with van der Waals surface area (Å²) in [4.78, 5) is 0. The van der Waals surface area contributed by atoms with Crippen molar-refractivity contribution < 1.29 is 4.39 Å². The van der Waals surface area contributed by atoms with Crippen molar-refractivity contribution in [1.82, 2.24) is 5.32 Å². The van der Waals surface area contributed by atoms with E-state index in [0.717, 1.165) is 23.1 Å². The highest BCUT2D eigenvalue weighted by Gasteiger charge is 2.04. The first-order chi connectivity index (χ1) is 7.65. The van der Waals surface area contributed by atoms with Crippen LogP contribution < -0.4 is 5.32 Å². The summed E-state index contributed by atoms with van der Waals surface area (Å²) in [6.07, 6.45) is 3.66. The quantitative estimate of drug-likeness (QED) is 0.774. The van der Waals surface area contributed by atoms with E-state index in [0.29, 0.717) is 5.56 Å². The van der Waals surface area contributed by atoms with E-state index in [1.807, 2.05) is 6.07 Å². The summed E-state index contributed by atoms with van der Waals surface area (Å²) in [6.45, 7) is 5.68. The van der Waals surface area contributed by atoms with E-state index >= 15 is 0 Å². The largest absolute Gasteiger partial charge is 0.313 e. The Labute approximate surface area is 106 Å². The molecule has 0 aliphatic carbocycles. The van der Waals surface area contributed by atoms with Crippen molar-refractivity contribution in [1.29, 1.82) is 0 Å². The molecule has 0 bridgehead atoms. The summed E-state index contributed by atoms with van der Waals surface area (Å²) in [7, 11) is 0. The van der Waals surface area contributed by atoms with Crippen molar-refractivity contribution in [2.45, 2.75) is 39.7 Å². The fraction of sp³-hybridized carbons (Fsp3) is 0.538. The van der Waals surface area contributed by atoms with Gasteiger partial charge in [-0.25, -0.2) is 4.39 Å². The van der Waals surface area contributed by atoms with Gasteiger partial charge >= 0.3 is 0 Å². The topological polar surface area (TPSA) is 12.0 Å². The zero-order valence-electron chi connectivity index (χ0n) is 9.95. The number of unbranched alkanes of at least 4 members (excludes halogenated alkanes) is 2. The SMILES string of the molecule is CCCCCNCc1cc(F)c(C)cc1Br. The molecule has 1 rings (SSSR count). The van der Waals surface area contributed by atoms with Gasteiger partial charge in [0.1, 0.15) is 5.82 Å². The minimum absolute atomic E-state index is 0.131. The van der Waals surface area contributed by atoms with Gasteiger partial charge in [-0.15, -0.1) is 0 Å². The third-order valence-electron chi connectivity index (χ3n) is 2.60. The Bertz CT molecular complexity index is 339. The number of rotatable bonds is 6. The Morgan fingerprint density at radius 2 is 2.06 bits per heavy atom. The molecule has 0 saturated carbocycles. The summed E-state index contributed by atoms with van der Waals surface area (Å²) in [6, 6.07) is 3.44. The maximum absolute atomic E-state index is 13.3. The van der Waals surface area contributed by atoms with E-state index in [9.17, 15) is 4.39 Å². The average Bonchev–Trinajstić information content (AvgIpc) is 2.25. The van der Waals surface area contributed by atoms with Gasteiger partial charge in [0.25, 0.3) is 0 Å². The second kappa shape index (κ2) is 7.02. The van der Waals surface area contributed by atoms with Gasteiger partial charge in [-0.05, 0) is 43.1 Å². The normalized spacial score (nSPS) is 10.8. The third-order valence-corrected chi connectivity index (χ3v) is 3.34. The zero-order chi connectivity index (χ0) is 12.0. The van der Waals surface area contributed by atoms with Crippen LogP contribution in [-0.4, -0.2) is 6.54 Å². The molecule has 0 heterocycles. The molecule has 1 nitrogen and oxygen atoms in total. The fourth-order valence-electron chi connectivity index (χ4n) is 1.55. The lowest BCUT2D eigenvalue weighted by atomic mass is 10.1. The van der Waals surface area contributed by atoms with E-state index < -0.39 is 0 Å². The van der Waals surface area contributed by atoms with Crippen LogP contribution >= 0.6 is 15.9 Å². The molecule has 3 heteroatoms. The van der Waals surface area contributed by atoms with Crippen LogP contribution in [0.1, 0.15) is 37.3 Å². The fourth-order valence-corrected chi connectivity index (χ4v) is 2.14. The summed E-state index contributed by atoms with van der Waals surface area (Å²) in [5.41, 5.74) is 1.67. The molecule has 0 aliphatic heterocycles. The third kappa shape index (κ3) is 4.22. The van der Waals surface area contributed by atoms with Crippen molar-refractivity contribution in [2.24, 2.45) is 0 Å². The number of hydrogen-bond donors (Lipinski definition) is 1. The van der Waals surface area contributed by atoms with Crippen LogP contribution in [0.2, 0.25) is 0 Å². The lowest BCUT2D eigenvalue weighted by molar-refractivity contribution is 0.599. The standard InChI is InChI=1S/C13H19BrFN/c1-3-4-5-6-16-9-11-8-13(15)10(2)7-12(11)14/h7-8,16H,3-6,9H2,1-2H3. The van der Waals surface area contributed by atoms with Crippen LogP contribution in [0.3, 0.4) is 0 Å². The van der Waals surface area contributed by atoms with Crippen LogP contribution in [0, 0.1) is 12.7 Å². The lowest BCUT2D eigenvalue weighted by Gasteiger charge is -2.08. The molecule has 0 atom stereocenters. The first-order valence-electron chi connectivity index (χ1n) is 5.80. The Morgan fingerprint density at radius 3 is 2.75 bits per heavy atom. The smallest absolute Gasteiger partial charge is 0.126 e. The molecule has 0 radical (unpaired) electrons. The van der Waals surface area contributed by atoms with Crippen LogP contribution in [0.25, 0.3) is 0 Å². The molecule has 0 saturated heterocycles. The highest BCUT2D eigenvalue weighted by molar-refractivity contribution is 9.10. The second-order valence-electron chi connectivity index (χ2n) is 4.08. The zero-order valence-corrected chi connectivity index (χ0v) is 11.5. The van der Waals surface area contributed by atoms with E-state index in [4.69, 9.17) is 0 Å². The first-order valence-corrected chi connectivity index (χ1v) is 6.59. The van der Waals surface area contributed by atoms with Crippen LogP contribution in [0.4, 0.5) is 4.39 Å². The lowest BCUT2D eigenvalue weighted by Crippen LogP contribution is -2.15. The Balaban J connectivity index is 2.45. The van der Waals surface area contributed by atoms with Crippen molar-refractivity contribution in [3.8, 4) is 0 Å². The molecule has 0 spiro atoms. The second-order valence-corrected chi connectivity index (χ2v) is 4.93. The monoisotopic (exact) mass is 287 g/mol. The predicted molar refractivity (Wildman–Crippen MR) is 70.1 cm³/mol. The van der Waals surface area contributed by atoms with Gasteiger partial charge in [-0.3, -0.25) is 0 Å². The van der Waals surface area contributed by atoms with Crippen molar-refractivity contribution in [3.63, 3.8) is 0 Å². The summed E-state index contributed by atoms with van der Waals surface area (Å²) >= 11 is 3.46. The molecule has 1 aromatic rings. The number of benzene rings is 1. The summed E-state index contributed by atoms with van der Waals surface area (Å²) in [5, 5.41) is 3.33. The van der Waals surface area contributed by atoms with E-state index in [2.05, 4.69) is 28.2 Å². The van der Waals surface area contributed by atoms with Gasteiger partial charge in [0.2, 0.25) is 0 Å². The Kier molecular flexibility index (Phi) is 5.99.